The smallest absolute Gasteiger partial charge is 0.408 e. The van der Waals surface area contributed by atoms with Crippen LogP contribution in [0.2, 0.25) is 0 Å². The maximum absolute atomic E-state index is 15.1. The van der Waals surface area contributed by atoms with Gasteiger partial charge in [0.2, 0.25) is 27.7 Å². The zero-order chi connectivity index (χ0) is 43.5. The molecule has 6 aliphatic rings. The van der Waals surface area contributed by atoms with Crippen LogP contribution in [0.15, 0.2) is 60.7 Å². The molecule has 1 saturated heterocycles. The number of sulfonamides is 1. The molecule has 5 fully saturated rings. The van der Waals surface area contributed by atoms with E-state index in [1.54, 1.807) is 31.4 Å². The number of ether oxygens (including phenoxy) is 3. The Morgan fingerprint density at radius 1 is 0.952 bits per heavy atom. The Hall–Kier alpha value is -5.25. The number of methoxy groups -OCH3 is 1. The molecule has 3 N–H and O–H groups in total. The van der Waals surface area contributed by atoms with Crippen LogP contribution in [-0.4, -0.2) is 90.9 Å². The van der Waals surface area contributed by atoms with E-state index in [1.165, 1.54) is 17.0 Å². The number of amides is 4. The first-order valence-electron chi connectivity index (χ1n) is 21.9. The second-order valence-corrected chi connectivity index (χ2v) is 20.5. The average Bonchev–Trinajstić information content (AvgIpc) is 4.20. The topological polar surface area (TPSA) is 182 Å². The fourth-order valence-corrected chi connectivity index (χ4v) is 11.3. The normalized spacial score (nSPS) is 32.5. The lowest BCUT2D eigenvalue weighted by molar-refractivity contribution is -0.142. The summed E-state index contributed by atoms with van der Waals surface area (Å²) in [4.78, 5) is 63.6. The first kappa shape index (κ1) is 42.1. The Labute approximate surface area is 360 Å². The van der Waals surface area contributed by atoms with Crippen LogP contribution in [0.25, 0.3) is 22.0 Å². The van der Waals surface area contributed by atoms with Gasteiger partial charge in [0.15, 0.2) is 0 Å². The van der Waals surface area contributed by atoms with Gasteiger partial charge >= 0.3 is 6.09 Å². The minimum atomic E-state index is -3.94. The number of halogens is 1. The molecule has 2 aromatic carbocycles. The van der Waals surface area contributed by atoms with Crippen molar-refractivity contribution in [2.75, 3.05) is 13.7 Å². The number of rotatable bonds is 9. The molecule has 1 unspecified atom stereocenters. The minimum absolute atomic E-state index is 0.0109. The van der Waals surface area contributed by atoms with Gasteiger partial charge in [-0.15, -0.1) is 0 Å². The molecule has 3 heterocycles. The molecular formula is C46H54FN5O9S. The number of alkyl carbamates (subject to hydrolysis) is 1. The van der Waals surface area contributed by atoms with E-state index in [2.05, 4.69) is 22.3 Å². The molecule has 330 valence electrons. The molecule has 62 heavy (non-hydrogen) atoms. The zero-order valence-corrected chi connectivity index (χ0v) is 36.0. The number of nitrogens with zero attached hydrogens (tertiary/aromatic N) is 2. The van der Waals surface area contributed by atoms with Gasteiger partial charge in [0, 0.05) is 23.3 Å². The number of benzene rings is 2. The van der Waals surface area contributed by atoms with Crippen molar-refractivity contribution >= 4 is 44.6 Å². The van der Waals surface area contributed by atoms with Crippen LogP contribution in [0, 0.1) is 35.4 Å². The molecule has 1 aromatic heterocycles. The van der Waals surface area contributed by atoms with Crippen molar-refractivity contribution < 1.29 is 46.2 Å². The van der Waals surface area contributed by atoms with Gasteiger partial charge in [-0.1, -0.05) is 26.0 Å². The largest absolute Gasteiger partial charge is 0.497 e. The summed E-state index contributed by atoms with van der Waals surface area (Å²) in [5.74, 6) is -1.07. The lowest BCUT2D eigenvalue weighted by atomic mass is 9.88. The highest BCUT2D eigenvalue weighted by Crippen LogP contribution is 2.52. The van der Waals surface area contributed by atoms with Crippen molar-refractivity contribution in [3.05, 3.63) is 66.5 Å². The van der Waals surface area contributed by atoms with E-state index in [4.69, 9.17) is 19.2 Å². The number of hydrogen-bond donors (Lipinski definition) is 3. The highest BCUT2D eigenvalue weighted by atomic mass is 32.2. The summed E-state index contributed by atoms with van der Waals surface area (Å²) in [5.41, 5.74) is -0.422. The second kappa shape index (κ2) is 16.5. The third-order valence-electron chi connectivity index (χ3n) is 13.8. The summed E-state index contributed by atoms with van der Waals surface area (Å²) in [7, 11) is -2.38. The van der Waals surface area contributed by atoms with E-state index < -0.39 is 74.5 Å². The molecule has 0 bridgehead atoms. The van der Waals surface area contributed by atoms with Crippen LogP contribution >= 0.6 is 0 Å². The van der Waals surface area contributed by atoms with Gasteiger partial charge in [-0.3, -0.25) is 19.1 Å². The van der Waals surface area contributed by atoms with Crippen LogP contribution in [0.3, 0.4) is 0 Å². The summed E-state index contributed by atoms with van der Waals surface area (Å²) in [6.45, 7) is 3.93. The van der Waals surface area contributed by atoms with Gasteiger partial charge < -0.3 is 29.7 Å². The number of hydrogen-bond acceptors (Lipinski definition) is 10. The number of pyridine rings is 1. The SMILES string of the molecule is COc1ccc2c(O[C@@H]3C[C@H]4C(=O)N[C@]5(C(=O)NS(=O)(=O)C6CC6)C[C@H]5/C=C\CC[C@@H](C)C[C@@H](C)[C@H](NC(=O)OC5C[C@@H]6C[C@@H]6C5)C(=O)N4C3)nc(-c3ccc(F)cc3)cc2c1. The molecular weight excluding hydrogens is 818 g/mol. The molecule has 9 rings (SSSR count). The monoisotopic (exact) mass is 871 g/mol. The molecule has 16 heteroatoms. The maximum Gasteiger partial charge on any atom is 0.408 e. The van der Waals surface area contributed by atoms with Crippen LogP contribution < -0.4 is 24.8 Å². The Morgan fingerprint density at radius 3 is 2.44 bits per heavy atom. The third kappa shape index (κ3) is 8.71. The lowest BCUT2D eigenvalue weighted by Crippen LogP contribution is -2.59. The predicted octanol–water partition coefficient (Wildman–Crippen LogP) is 5.79. The van der Waals surface area contributed by atoms with Gasteiger partial charge in [-0.05, 0) is 135 Å². The van der Waals surface area contributed by atoms with Crippen LogP contribution in [0.1, 0.15) is 78.1 Å². The van der Waals surface area contributed by atoms with Crippen LogP contribution in [0.4, 0.5) is 9.18 Å². The first-order valence-corrected chi connectivity index (χ1v) is 23.5. The number of aromatic nitrogens is 1. The Bertz CT molecular complexity index is 2400. The maximum atomic E-state index is 15.1. The molecule has 2 aliphatic heterocycles. The highest BCUT2D eigenvalue weighted by molar-refractivity contribution is 7.91. The molecule has 14 nitrogen and oxygen atoms in total. The molecule has 0 spiro atoms. The number of nitrogens with one attached hydrogen (secondary N) is 3. The second-order valence-electron chi connectivity index (χ2n) is 18.5. The minimum Gasteiger partial charge on any atom is -0.497 e. The van der Waals surface area contributed by atoms with Gasteiger partial charge in [0.25, 0.3) is 5.91 Å². The quantitative estimate of drug-likeness (QED) is 0.223. The summed E-state index contributed by atoms with van der Waals surface area (Å²) in [6.07, 6.45) is 8.01. The number of carbonyl (C=O) groups excluding carboxylic acids is 4. The average molecular weight is 872 g/mol. The molecule has 3 aromatic rings. The summed E-state index contributed by atoms with van der Waals surface area (Å²) < 4.78 is 60.3. The van der Waals surface area contributed by atoms with Crippen molar-refractivity contribution in [3.8, 4) is 22.9 Å². The fourth-order valence-electron chi connectivity index (χ4n) is 9.91. The predicted molar refractivity (Wildman–Crippen MR) is 227 cm³/mol. The van der Waals surface area contributed by atoms with Gasteiger partial charge in [0.05, 0.1) is 24.6 Å². The van der Waals surface area contributed by atoms with E-state index in [9.17, 15) is 27.2 Å². The van der Waals surface area contributed by atoms with E-state index >= 15 is 4.79 Å². The Kier molecular flexibility index (Phi) is 11.2. The van der Waals surface area contributed by atoms with Crippen molar-refractivity contribution in [1.29, 1.82) is 0 Å². The standard InChI is InChI=1S/C46H54FN5O9S/c1-25-6-4-5-7-31-23-46(31,44(55)51-62(57,58)36-13-14-36)50-41(53)39-22-35(24-52(39)43(54)40(26(2)16-25)49-45(56)61-34-18-28-17-29(28)19-34)60-42-37-15-12-33(59-3)20-30(37)21-38(48-42)27-8-10-32(47)11-9-27/h5,7-12,15,20-21,25-26,28-29,31,34-36,39-40H,4,6,13-14,16-19,22-24H2,1-3H3,(H,49,56)(H,50,53)(H,51,55)/b7-5-/t25-,26-,28-,29+,31-,34?,35-,39+,40+,46-/m1/s1. The molecule has 0 radical (unpaired) electrons. The van der Waals surface area contributed by atoms with Crippen molar-refractivity contribution in [2.24, 2.45) is 29.6 Å². The van der Waals surface area contributed by atoms with E-state index in [1.807, 2.05) is 31.2 Å². The summed E-state index contributed by atoms with van der Waals surface area (Å²) in [5, 5.41) is 6.53. The third-order valence-corrected chi connectivity index (χ3v) is 15.6. The number of allylic oxidation sites excluding steroid dienone is 1. The fraction of sp³-hybridized carbons (Fsp3) is 0.543. The van der Waals surface area contributed by atoms with Gasteiger partial charge in [-0.25, -0.2) is 22.6 Å². The van der Waals surface area contributed by atoms with Crippen LogP contribution in [0.5, 0.6) is 11.6 Å². The molecule has 4 aliphatic carbocycles. The van der Waals surface area contributed by atoms with E-state index in [0.29, 0.717) is 59.9 Å². The van der Waals surface area contributed by atoms with E-state index in [0.717, 1.165) is 31.1 Å². The zero-order valence-electron chi connectivity index (χ0n) is 35.2. The Morgan fingerprint density at radius 2 is 1.71 bits per heavy atom. The molecule has 10 atom stereocenters. The first-order chi connectivity index (χ1) is 29.7. The summed E-state index contributed by atoms with van der Waals surface area (Å²) >= 11 is 0. The van der Waals surface area contributed by atoms with Crippen molar-refractivity contribution in [3.63, 3.8) is 0 Å². The molecule has 4 saturated carbocycles. The number of carbonyl (C=O) groups is 4. The summed E-state index contributed by atoms with van der Waals surface area (Å²) in [6, 6.07) is 10.9. The highest BCUT2D eigenvalue weighted by Gasteiger charge is 2.62. The van der Waals surface area contributed by atoms with E-state index in [-0.39, 0.29) is 43.2 Å². The lowest BCUT2D eigenvalue weighted by Gasteiger charge is -2.33. The van der Waals surface area contributed by atoms with Crippen molar-refractivity contribution in [2.45, 2.75) is 113 Å². The van der Waals surface area contributed by atoms with Gasteiger partial charge in [0.1, 0.15) is 41.4 Å². The van der Waals surface area contributed by atoms with Crippen molar-refractivity contribution in [1.82, 2.24) is 25.2 Å². The van der Waals surface area contributed by atoms with Crippen LogP contribution in [-0.2, 0) is 29.1 Å². The van der Waals surface area contributed by atoms with Gasteiger partial charge in [-0.2, -0.15) is 0 Å². The number of fused-ring (bicyclic) bond motifs is 4. The Balaban J connectivity index is 1.05. The molecule has 4 amide bonds.